The molecule has 0 saturated carbocycles. The number of ether oxygens (including phenoxy) is 2. The molecule has 0 radical (unpaired) electrons. The standard InChI is InChI=1S/C25H23NO5/c1-26(2)25(29)24(20-11-7-4-8-12-20)31-22(27)17-30-21-15-13-19(14-16-21)23(28)18-9-5-3-6-10-18/h3-16,24H,17H2,1-2H3/t24-/m1/s1. The average molecular weight is 417 g/mol. The number of benzene rings is 3. The van der Waals surface area contributed by atoms with Gasteiger partial charge in [-0.15, -0.1) is 0 Å². The van der Waals surface area contributed by atoms with E-state index >= 15 is 0 Å². The third-order valence-corrected chi connectivity index (χ3v) is 4.53. The highest BCUT2D eigenvalue weighted by Crippen LogP contribution is 2.20. The largest absolute Gasteiger partial charge is 0.482 e. The first-order chi connectivity index (χ1) is 15.0. The summed E-state index contributed by atoms with van der Waals surface area (Å²) in [5.41, 5.74) is 1.69. The zero-order valence-corrected chi connectivity index (χ0v) is 17.4. The first kappa shape index (κ1) is 21.8. The van der Waals surface area contributed by atoms with Gasteiger partial charge in [-0.2, -0.15) is 0 Å². The fourth-order valence-electron chi connectivity index (χ4n) is 2.89. The molecule has 0 aromatic heterocycles. The number of likely N-dealkylation sites (N-methyl/N-ethyl adjacent to an activating group) is 1. The van der Waals surface area contributed by atoms with Gasteiger partial charge < -0.3 is 14.4 Å². The fourth-order valence-corrected chi connectivity index (χ4v) is 2.89. The molecule has 0 aliphatic carbocycles. The monoisotopic (exact) mass is 417 g/mol. The van der Waals surface area contributed by atoms with Crippen molar-refractivity contribution in [1.82, 2.24) is 4.90 Å². The van der Waals surface area contributed by atoms with Gasteiger partial charge in [0.2, 0.25) is 6.10 Å². The van der Waals surface area contributed by atoms with E-state index in [4.69, 9.17) is 9.47 Å². The van der Waals surface area contributed by atoms with Crippen LogP contribution in [-0.4, -0.2) is 43.3 Å². The van der Waals surface area contributed by atoms with Crippen LogP contribution in [0.15, 0.2) is 84.9 Å². The molecule has 0 aliphatic heterocycles. The molecular formula is C25H23NO5. The van der Waals surface area contributed by atoms with Crippen molar-refractivity contribution in [2.45, 2.75) is 6.10 Å². The minimum atomic E-state index is -1.04. The second-order valence-electron chi connectivity index (χ2n) is 7.02. The van der Waals surface area contributed by atoms with Crippen molar-refractivity contribution in [3.05, 3.63) is 102 Å². The fraction of sp³-hybridized carbons (Fsp3) is 0.160. The predicted octanol–water partition coefficient (Wildman–Crippen LogP) is 3.67. The number of nitrogens with zero attached hydrogens (tertiary/aromatic N) is 1. The van der Waals surface area contributed by atoms with Crippen LogP contribution in [0.5, 0.6) is 5.75 Å². The molecule has 0 N–H and O–H groups in total. The van der Waals surface area contributed by atoms with Gasteiger partial charge in [0.05, 0.1) is 0 Å². The molecule has 0 unspecified atom stereocenters. The predicted molar refractivity (Wildman–Crippen MR) is 116 cm³/mol. The maximum Gasteiger partial charge on any atom is 0.345 e. The van der Waals surface area contributed by atoms with Gasteiger partial charge in [-0.25, -0.2) is 4.79 Å². The maximum atomic E-state index is 12.4. The van der Waals surface area contributed by atoms with Crippen LogP contribution in [-0.2, 0) is 14.3 Å². The Balaban J connectivity index is 1.60. The smallest absolute Gasteiger partial charge is 0.345 e. The molecule has 0 saturated heterocycles. The van der Waals surface area contributed by atoms with E-state index < -0.39 is 12.1 Å². The van der Waals surface area contributed by atoms with Gasteiger partial charge in [0.25, 0.3) is 5.91 Å². The van der Waals surface area contributed by atoms with Gasteiger partial charge >= 0.3 is 5.97 Å². The SMILES string of the molecule is CN(C)C(=O)[C@H](OC(=O)COc1ccc(C(=O)c2ccccc2)cc1)c1ccccc1. The average Bonchev–Trinajstić information content (AvgIpc) is 2.81. The zero-order valence-electron chi connectivity index (χ0n) is 17.4. The van der Waals surface area contributed by atoms with Crippen LogP contribution < -0.4 is 4.74 Å². The summed E-state index contributed by atoms with van der Waals surface area (Å²) in [6.07, 6.45) is -1.04. The van der Waals surface area contributed by atoms with Gasteiger partial charge in [-0.1, -0.05) is 60.7 Å². The van der Waals surface area contributed by atoms with E-state index in [0.29, 0.717) is 22.4 Å². The topological polar surface area (TPSA) is 72.9 Å². The summed E-state index contributed by atoms with van der Waals surface area (Å²) in [6.45, 7) is -0.365. The Bertz CT molecular complexity index is 1030. The number of esters is 1. The Morgan fingerprint density at radius 3 is 1.90 bits per heavy atom. The van der Waals surface area contributed by atoms with E-state index in [1.165, 1.54) is 4.90 Å². The Morgan fingerprint density at radius 1 is 0.774 bits per heavy atom. The summed E-state index contributed by atoms with van der Waals surface area (Å²) in [7, 11) is 3.20. The lowest BCUT2D eigenvalue weighted by Crippen LogP contribution is -2.32. The summed E-state index contributed by atoms with van der Waals surface area (Å²) in [5.74, 6) is -0.701. The molecule has 1 amide bonds. The van der Waals surface area contributed by atoms with Gasteiger partial charge in [0, 0.05) is 30.8 Å². The number of rotatable bonds is 8. The van der Waals surface area contributed by atoms with E-state index in [2.05, 4.69) is 0 Å². The molecule has 0 aliphatic rings. The Hall–Kier alpha value is -3.93. The quantitative estimate of drug-likeness (QED) is 0.413. The Kier molecular flexibility index (Phi) is 7.17. The molecular weight excluding hydrogens is 394 g/mol. The molecule has 0 bridgehead atoms. The van der Waals surface area contributed by atoms with E-state index in [1.807, 2.05) is 12.1 Å². The normalized spacial score (nSPS) is 11.3. The number of ketones is 1. The molecule has 3 aromatic rings. The molecule has 3 aromatic carbocycles. The summed E-state index contributed by atoms with van der Waals surface area (Å²) in [6, 6.07) is 24.3. The molecule has 158 valence electrons. The summed E-state index contributed by atoms with van der Waals surface area (Å²) in [5, 5.41) is 0. The molecule has 0 fully saturated rings. The highest BCUT2D eigenvalue weighted by Gasteiger charge is 2.26. The van der Waals surface area contributed by atoms with Crippen molar-refractivity contribution in [2.24, 2.45) is 0 Å². The van der Waals surface area contributed by atoms with E-state index in [1.54, 1.807) is 86.9 Å². The highest BCUT2D eigenvalue weighted by molar-refractivity contribution is 6.09. The number of hydrogen-bond acceptors (Lipinski definition) is 5. The van der Waals surface area contributed by atoms with E-state index in [0.717, 1.165) is 0 Å². The van der Waals surface area contributed by atoms with Crippen LogP contribution in [0, 0.1) is 0 Å². The molecule has 31 heavy (non-hydrogen) atoms. The first-order valence-corrected chi connectivity index (χ1v) is 9.74. The maximum absolute atomic E-state index is 12.4. The van der Waals surface area contributed by atoms with Crippen molar-refractivity contribution < 1.29 is 23.9 Å². The Labute approximate surface area is 181 Å². The second kappa shape index (κ2) is 10.2. The zero-order chi connectivity index (χ0) is 22.2. The van der Waals surface area contributed by atoms with Crippen molar-refractivity contribution in [3.63, 3.8) is 0 Å². The van der Waals surface area contributed by atoms with E-state index in [9.17, 15) is 14.4 Å². The van der Waals surface area contributed by atoms with Crippen LogP contribution in [0.2, 0.25) is 0 Å². The lowest BCUT2D eigenvalue weighted by atomic mass is 10.0. The van der Waals surface area contributed by atoms with Gasteiger partial charge in [0.1, 0.15) is 5.75 Å². The number of carbonyl (C=O) groups excluding carboxylic acids is 3. The first-order valence-electron chi connectivity index (χ1n) is 9.74. The number of hydrogen-bond donors (Lipinski definition) is 0. The minimum Gasteiger partial charge on any atom is -0.482 e. The van der Waals surface area contributed by atoms with Crippen LogP contribution in [0.1, 0.15) is 27.6 Å². The molecule has 6 nitrogen and oxygen atoms in total. The van der Waals surface area contributed by atoms with Crippen molar-refractivity contribution in [1.29, 1.82) is 0 Å². The number of carbonyl (C=O) groups is 3. The third kappa shape index (κ3) is 5.79. The highest BCUT2D eigenvalue weighted by atomic mass is 16.6. The van der Waals surface area contributed by atoms with Gasteiger partial charge in [-0.3, -0.25) is 9.59 Å². The van der Waals surface area contributed by atoms with Crippen LogP contribution >= 0.6 is 0 Å². The van der Waals surface area contributed by atoms with Crippen molar-refractivity contribution in [3.8, 4) is 5.75 Å². The number of amides is 1. The van der Waals surface area contributed by atoms with Crippen LogP contribution in [0.3, 0.4) is 0 Å². The summed E-state index contributed by atoms with van der Waals surface area (Å²) in [4.78, 5) is 38.6. The van der Waals surface area contributed by atoms with Crippen molar-refractivity contribution >= 4 is 17.7 Å². The Morgan fingerprint density at radius 2 is 1.32 bits per heavy atom. The second-order valence-corrected chi connectivity index (χ2v) is 7.02. The molecule has 3 rings (SSSR count). The molecule has 1 atom stereocenters. The van der Waals surface area contributed by atoms with Gasteiger partial charge in [0.15, 0.2) is 12.4 Å². The molecule has 0 heterocycles. The molecule has 0 spiro atoms. The molecule has 6 heteroatoms. The van der Waals surface area contributed by atoms with Gasteiger partial charge in [-0.05, 0) is 24.3 Å². The van der Waals surface area contributed by atoms with Crippen LogP contribution in [0.25, 0.3) is 0 Å². The lowest BCUT2D eigenvalue weighted by Gasteiger charge is -2.21. The lowest BCUT2D eigenvalue weighted by molar-refractivity contribution is -0.161. The third-order valence-electron chi connectivity index (χ3n) is 4.53. The van der Waals surface area contributed by atoms with Crippen molar-refractivity contribution in [2.75, 3.05) is 20.7 Å². The van der Waals surface area contributed by atoms with Crippen LogP contribution in [0.4, 0.5) is 0 Å². The minimum absolute atomic E-state index is 0.0977. The summed E-state index contributed by atoms with van der Waals surface area (Å²) < 4.78 is 10.9. The van der Waals surface area contributed by atoms with E-state index in [-0.39, 0.29) is 18.3 Å². The summed E-state index contributed by atoms with van der Waals surface area (Å²) >= 11 is 0.